The number of carboxylic acid groups (broad SMARTS) is 11. The second-order valence-corrected chi connectivity index (χ2v) is 26.0. The molecular formula is C94H78F10O43. The maximum atomic E-state index is 13.7. The van der Waals surface area contributed by atoms with Gasteiger partial charge in [-0.15, -0.1) is 0 Å². The molecule has 3 fully saturated rings. The molecule has 1 heterocycles. The van der Waals surface area contributed by atoms with Gasteiger partial charge in [-0.1, -0.05) is 155 Å². The molecule has 13 rings (SSSR count). The summed E-state index contributed by atoms with van der Waals surface area (Å²) in [5.74, 6) is -20.7. The number of hydrogen-bond donors (Lipinski definition) is 11. The SMILES string of the molecule is C.C.O=C(O)C1C2C=CC(C2)C1C(=O)O.O=C(O)COc1ccccc1.O=C(O)c1c(F)c(F)cc(F)c1F.O=C(O)c1ccc(C(c2ccccc2)(C(F)(F)F)C(F)(F)F)cc1.O=C(O)c1ccc(Oc2ccccc2)cc1.O=C(O)c1cccc(C(=O)O)c1.O=C(O)c1ccccc1.O=C(O)c1ccccc1C(=O)O.O=C1OC(=O)C2CCCCC12.O=C=O.O=C=O.O=C=O.O=C=O.O=C=O.O=C=O.O=C=O.O=C=O.[HH]. The van der Waals surface area contributed by atoms with Gasteiger partial charge in [-0.2, -0.15) is 103 Å². The van der Waals surface area contributed by atoms with Crippen molar-refractivity contribution >= 4 is 127 Å². The number of rotatable bonds is 17. The van der Waals surface area contributed by atoms with Crippen molar-refractivity contribution < 1.29 is 255 Å². The molecule has 3 aliphatic carbocycles. The number of halogens is 10. The highest BCUT2D eigenvalue weighted by atomic mass is 19.4. The predicted molar refractivity (Wildman–Crippen MR) is 455 cm³/mol. The van der Waals surface area contributed by atoms with Crippen LogP contribution >= 0.6 is 0 Å². The number of aromatic carboxylic acids is 8. The van der Waals surface area contributed by atoms with E-state index in [1.807, 2.05) is 48.6 Å². The topological polar surface area (TPSA) is 745 Å². The second-order valence-electron chi connectivity index (χ2n) is 26.0. The Labute approximate surface area is 818 Å². The van der Waals surface area contributed by atoms with Crippen LogP contribution in [0.5, 0.6) is 17.2 Å². The van der Waals surface area contributed by atoms with Gasteiger partial charge in [0, 0.05) is 7.49 Å². The lowest BCUT2D eigenvalue weighted by Gasteiger charge is -2.38. The van der Waals surface area contributed by atoms with Crippen LogP contribution in [0.15, 0.2) is 237 Å². The minimum Gasteiger partial charge on any atom is -0.482 e. The van der Waals surface area contributed by atoms with Gasteiger partial charge >= 0.3 is 139 Å². The number of aliphatic carboxylic acids is 3. The number of alkyl halides is 6. The summed E-state index contributed by atoms with van der Waals surface area (Å²) in [5.41, 5.74) is -8.22. The van der Waals surface area contributed by atoms with Crippen molar-refractivity contribution in [2.24, 2.45) is 35.5 Å². The number of ether oxygens (including phenoxy) is 3. The van der Waals surface area contributed by atoms with Gasteiger partial charge < -0.3 is 70.4 Å². The largest absolute Gasteiger partial charge is 0.482 e. The number of para-hydroxylation sites is 2. The van der Waals surface area contributed by atoms with Crippen LogP contribution < -0.4 is 9.47 Å². The number of carbonyl (C=O) groups excluding carboxylic acids is 18. The summed E-state index contributed by atoms with van der Waals surface area (Å²) in [6.45, 7) is -0.288. The van der Waals surface area contributed by atoms with Crippen LogP contribution in [0.25, 0.3) is 0 Å². The van der Waals surface area contributed by atoms with Crippen molar-refractivity contribution in [3.63, 3.8) is 0 Å². The van der Waals surface area contributed by atoms with Crippen molar-refractivity contribution in [3.8, 4) is 17.2 Å². The Hall–Kier alpha value is -20.0. The molecule has 0 radical (unpaired) electrons. The lowest BCUT2D eigenvalue weighted by atomic mass is 9.73. The number of carbonyl (C=O) groups is 13. The normalized spacial score (nSPS) is 13.6. The molecule has 0 spiro atoms. The van der Waals surface area contributed by atoms with E-state index in [2.05, 4.69) is 4.74 Å². The van der Waals surface area contributed by atoms with Crippen molar-refractivity contribution in [1.82, 2.24) is 0 Å². The molecule has 11 N–H and O–H groups in total. The highest BCUT2D eigenvalue weighted by Gasteiger charge is 2.72. The first-order chi connectivity index (χ1) is 68.3. The van der Waals surface area contributed by atoms with E-state index in [0.29, 0.717) is 47.7 Å². The molecule has 43 nitrogen and oxygen atoms in total. The van der Waals surface area contributed by atoms with Crippen molar-refractivity contribution in [2.75, 3.05) is 6.61 Å². The molecule has 53 heteroatoms. The maximum absolute atomic E-state index is 13.7. The number of benzene rings is 9. The van der Waals surface area contributed by atoms with E-state index in [1.165, 1.54) is 60.7 Å². The molecular weight excluding hydrogens is 2010 g/mol. The fourth-order valence-corrected chi connectivity index (χ4v) is 11.9. The summed E-state index contributed by atoms with van der Waals surface area (Å²) in [4.78, 5) is 267. The lowest BCUT2D eigenvalue weighted by molar-refractivity contribution is -0.288. The van der Waals surface area contributed by atoms with Crippen LogP contribution in [0.1, 0.15) is 142 Å². The van der Waals surface area contributed by atoms with Gasteiger partial charge in [0.2, 0.25) is 5.41 Å². The van der Waals surface area contributed by atoms with Crippen LogP contribution in [-0.4, -0.2) is 202 Å². The zero-order valence-corrected chi connectivity index (χ0v) is 72.5. The van der Waals surface area contributed by atoms with Crippen molar-refractivity contribution in [1.29, 1.82) is 0 Å². The standard InChI is InChI=1S/C16H10F6O2.C13H10O3.C9H10O4.2C8H6O4.C8H10O3.C8H8O3.C7H2F4O2.C7H6O2.8CO2.2CH4.H2/c17-15(18,19)14(16(20,21)22,11-4-2-1-3-5-11)12-8-6-10(7-9-12)13(23)24;14-13(15)10-6-8-12(9-7-10)16-11-4-2-1-3-5-11;10-8(11)6-4-1-2-5(3-4)7(6)9(12)13;9-7(10)5-2-1-3-6(4-5)8(11)12;9-7(10)5-3-1-2-4-6(5)8(11)12;9-7-5-3-1-2-4-6(5)8(10)11-7;9-8(10)6-11-7-4-2-1-3-5-7;8-2-1-3(9)6(11)4(5(2)10)7(12)13;8-7(9)6-4-2-1-3-5-6;8*2-1-3;;;/h1-9H,(H,23,24);1-9H,(H,14,15);1-2,4-7H,3H2,(H,10,11)(H,12,13);2*1-4H,(H,9,10)(H,11,12);5-6H,1-4H2;1-5H,6H2,(H,9,10);1H,(H,12,13);1-5H,(H,8,9);;;;;;;;;2*1H4;1H. The first-order valence-corrected chi connectivity index (χ1v) is 38.1. The Bertz CT molecular complexity index is 5780. The summed E-state index contributed by atoms with van der Waals surface area (Å²) >= 11 is 0. The molecule has 2 bridgehead atoms. The van der Waals surface area contributed by atoms with E-state index in [1.54, 1.807) is 66.7 Å². The molecule has 6 unspecified atom stereocenters. The van der Waals surface area contributed by atoms with E-state index in [-0.39, 0.29) is 142 Å². The monoisotopic (exact) mass is 2080 g/mol. The first-order valence-electron chi connectivity index (χ1n) is 38.1. The molecule has 6 atom stereocenters. The van der Waals surface area contributed by atoms with Gasteiger partial charge in [-0.3, -0.25) is 19.2 Å². The maximum Gasteiger partial charge on any atom is 0.411 e. The molecule has 2 saturated carbocycles. The van der Waals surface area contributed by atoms with E-state index in [0.717, 1.165) is 61.8 Å². The molecule has 9 aromatic rings. The van der Waals surface area contributed by atoms with Gasteiger partial charge in [0.15, 0.2) is 29.9 Å². The van der Waals surface area contributed by atoms with Crippen LogP contribution in [0.2, 0.25) is 0 Å². The first kappa shape index (κ1) is 138. The number of carboxylic acids is 11. The molecule has 1 aliphatic heterocycles. The number of allylic oxidation sites excluding steroid dienone is 2. The number of fused-ring (bicyclic) bond motifs is 3. The van der Waals surface area contributed by atoms with Gasteiger partial charge in [-0.05, 0) is 145 Å². The van der Waals surface area contributed by atoms with Crippen LogP contribution in [-0.2, 0) is 111 Å². The lowest BCUT2D eigenvalue weighted by Crippen LogP contribution is -2.54. The quantitative estimate of drug-likeness (QED) is 0.0133. The van der Waals surface area contributed by atoms with E-state index >= 15 is 0 Å². The third-order valence-corrected chi connectivity index (χ3v) is 17.5. The van der Waals surface area contributed by atoms with E-state index < -0.39 is 141 Å². The van der Waals surface area contributed by atoms with Gasteiger partial charge in [0.25, 0.3) is 0 Å². The summed E-state index contributed by atoms with van der Waals surface area (Å²) in [6, 6.07) is 50.8. The summed E-state index contributed by atoms with van der Waals surface area (Å²) < 4.78 is 147. The number of cyclic esters (lactones) is 2. The minimum absolute atomic E-state index is 0. The smallest absolute Gasteiger partial charge is 0.411 e. The summed E-state index contributed by atoms with van der Waals surface area (Å²) in [5, 5.41) is 94.1. The zero-order chi connectivity index (χ0) is 112. The fourth-order valence-electron chi connectivity index (χ4n) is 11.9. The Balaban J connectivity index is -0.000000296. The number of esters is 2. The van der Waals surface area contributed by atoms with Gasteiger partial charge in [-0.25, -0.2) is 60.7 Å². The fraction of sp³-hybridized carbons (Fsp3) is 0.181. The summed E-state index contributed by atoms with van der Waals surface area (Å²) in [7, 11) is 0. The highest BCUT2D eigenvalue weighted by molar-refractivity contribution is 6.02. The Morgan fingerprint density at radius 1 is 0.333 bits per heavy atom. The second kappa shape index (κ2) is 75.0. The summed E-state index contributed by atoms with van der Waals surface area (Å²) in [6.07, 6.45) is -1.20. The Kier molecular flexibility index (Phi) is 70.2. The molecule has 0 amide bonds. The molecule has 0 aromatic heterocycles. The van der Waals surface area contributed by atoms with Crippen molar-refractivity contribution in [2.45, 2.75) is 64.7 Å². The average Bonchev–Trinajstić information content (AvgIpc) is 0.916. The molecule has 9 aromatic carbocycles. The van der Waals surface area contributed by atoms with Crippen LogP contribution in [0, 0.1) is 58.8 Å². The Morgan fingerprint density at radius 2 is 0.605 bits per heavy atom. The van der Waals surface area contributed by atoms with E-state index in [4.69, 9.17) is 142 Å². The third kappa shape index (κ3) is 50.4. The van der Waals surface area contributed by atoms with Gasteiger partial charge in [0.1, 0.15) is 22.8 Å². The molecule has 1 saturated heterocycles. The molecule has 147 heavy (non-hydrogen) atoms. The molecule has 4 aliphatic rings. The zero-order valence-electron chi connectivity index (χ0n) is 72.5. The van der Waals surface area contributed by atoms with Crippen molar-refractivity contribution in [3.05, 3.63) is 316 Å². The predicted octanol–water partition coefficient (Wildman–Crippen LogP) is 12.9. The highest BCUT2D eigenvalue weighted by Crippen LogP contribution is 2.56. The van der Waals surface area contributed by atoms with Crippen LogP contribution in [0.3, 0.4) is 0 Å². The minimum atomic E-state index is -5.68. The van der Waals surface area contributed by atoms with Gasteiger partial charge in [0.05, 0.1) is 62.6 Å². The number of hydrogen-bond acceptors (Lipinski definition) is 32. The average molecular weight is 2090 g/mol. The molecule has 782 valence electrons. The Morgan fingerprint density at radius 3 is 0.891 bits per heavy atom. The van der Waals surface area contributed by atoms with Crippen LogP contribution in [0.4, 0.5) is 43.9 Å². The van der Waals surface area contributed by atoms with E-state index in [9.17, 15) is 106 Å². The third-order valence-electron chi connectivity index (χ3n) is 17.5.